The monoisotopic (exact) mass is 319 g/mol. The molecule has 0 amide bonds. The van der Waals surface area contributed by atoms with Crippen LogP contribution >= 0.6 is 0 Å². The number of carbonyl (C=O) groups is 1. The molecule has 5 nitrogen and oxygen atoms in total. The maximum Gasteiger partial charge on any atom is 0.335 e. The predicted molar refractivity (Wildman–Crippen MR) is 84.8 cm³/mol. The van der Waals surface area contributed by atoms with Gasteiger partial charge in [-0.1, -0.05) is 25.1 Å². The fourth-order valence-electron chi connectivity index (χ4n) is 2.15. The Labute approximate surface area is 129 Å². The minimum absolute atomic E-state index is 0.00333. The number of aryl methyl sites for hydroxylation is 2. The third-order valence-corrected chi connectivity index (χ3v) is 4.72. The van der Waals surface area contributed by atoms with Gasteiger partial charge in [0.25, 0.3) is 10.0 Å². The Bertz CT molecular complexity index is 813. The molecule has 0 unspecified atom stereocenters. The molecule has 2 N–H and O–H groups in total. The van der Waals surface area contributed by atoms with Gasteiger partial charge in [0.2, 0.25) is 0 Å². The van der Waals surface area contributed by atoms with Crippen LogP contribution in [0.4, 0.5) is 5.69 Å². The topological polar surface area (TPSA) is 83.5 Å². The molecular formula is C16H17NO4S. The molecule has 0 aromatic heterocycles. The quantitative estimate of drug-likeness (QED) is 0.887. The van der Waals surface area contributed by atoms with Gasteiger partial charge in [0.05, 0.1) is 10.5 Å². The summed E-state index contributed by atoms with van der Waals surface area (Å²) in [4.78, 5) is 11.1. The van der Waals surface area contributed by atoms with Crippen LogP contribution in [0.5, 0.6) is 0 Å². The van der Waals surface area contributed by atoms with Crippen LogP contribution in [0.3, 0.4) is 0 Å². The van der Waals surface area contributed by atoms with Crippen LogP contribution in [0, 0.1) is 6.92 Å². The van der Waals surface area contributed by atoms with Crippen LogP contribution in [-0.2, 0) is 16.4 Å². The second-order valence-corrected chi connectivity index (χ2v) is 6.61. The number of aromatic carboxylic acids is 1. The van der Waals surface area contributed by atoms with E-state index in [1.165, 1.54) is 18.2 Å². The number of hydrogen-bond donors (Lipinski definition) is 2. The van der Waals surface area contributed by atoms with Gasteiger partial charge in [-0.2, -0.15) is 0 Å². The maximum atomic E-state index is 12.6. The van der Waals surface area contributed by atoms with Crippen molar-refractivity contribution in [3.63, 3.8) is 0 Å². The van der Waals surface area contributed by atoms with Gasteiger partial charge in [0.1, 0.15) is 0 Å². The summed E-state index contributed by atoms with van der Waals surface area (Å²) in [5.74, 6) is -1.16. The highest BCUT2D eigenvalue weighted by molar-refractivity contribution is 7.92. The molecule has 0 atom stereocenters. The average Bonchev–Trinajstić information content (AvgIpc) is 2.46. The molecule has 2 aromatic rings. The summed E-state index contributed by atoms with van der Waals surface area (Å²) >= 11 is 0. The van der Waals surface area contributed by atoms with Crippen molar-refractivity contribution in [1.82, 2.24) is 0 Å². The lowest BCUT2D eigenvalue weighted by Crippen LogP contribution is -2.16. The number of sulfonamides is 1. The third kappa shape index (κ3) is 3.46. The van der Waals surface area contributed by atoms with E-state index in [4.69, 9.17) is 5.11 Å². The highest BCUT2D eigenvalue weighted by atomic mass is 32.2. The summed E-state index contributed by atoms with van der Waals surface area (Å²) in [5.41, 5.74) is 1.89. The summed E-state index contributed by atoms with van der Waals surface area (Å²) in [6, 6.07) is 11.1. The smallest absolute Gasteiger partial charge is 0.335 e. The summed E-state index contributed by atoms with van der Waals surface area (Å²) in [6.07, 6.45) is 0.490. The largest absolute Gasteiger partial charge is 0.478 e. The molecule has 0 saturated heterocycles. The first kappa shape index (κ1) is 16.0. The minimum Gasteiger partial charge on any atom is -0.478 e. The lowest BCUT2D eigenvalue weighted by atomic mass is 10.1. The molecule has 0 aliphatic carbocycles. The second kappa shape index (κ2) is 6.19. The van der Waals surface area contributed by atoms with E-state index in [-0.39, 0.29) is 10.5 Å². The van der Waals surface area contributed by atoms with Gasteiger partial charge in [-0.05, 0) is 48.7 Å². The second-order valence-electron chi connectivity index (χ2n) is 4.96. The molecule has 0 heterocycles. The standard InChI is InChI=1S/C16H17NO4S/c1-3-12-7-8-13(16(18)19)10-15(12)22(20,21)17-14-6-4-5-11(2)9-14/h4-10,17H,3H2,1-2H3,(H,18,19). The number of rotatable bonds is 5. The van der Waals surface area contributed by atoms with Crippen LogP contribution < -0.4 is 4.72 Å². The van der Waals surface area contributed by atoms with Gasteiger partial charge in [-0.15, -0.1) is 0 Å². The van der Waals surface area contributed by atoms with E-state index < -0.39 is 16.0 Å². The number of carboxylic acids is 1. The van der Waals surface area contributed by atoms with Crippen molar-refractivity contribution in [2.75, 3.05) is 4.72 Å². The molecule has 0 saturated carbocycles. The Balaban J connectivity index is 2.48. The van der Waals surface area contributed by atoms with E-state index in [1.807, 2.05) is 19.9 Å². The Kier molecular flexibility index (Phi) is 4.51. The van der Waals surface area contributed by atoms with E-state index in [2.05, 4.69) is 4.72 Å². The average molecular weight is 319 g/mol. The van der Waals surface area contributed by atoms with Crippen molar-refractivity contribution in [2.24, 2.45) is 0 Å². The summed E-state index contributed by atoms with van der Waals surface area (Å²) in [7, 11) is -3.84. The van der Waals surface area contributed by atoms with Gasteiger partial charge < -0.3 is 5.11 Å². The predicted octanol–water partition coefficient (Wildman–Crippen LogP) is 3.06. The molecule has 22 heavy (non-hydrogen) atoms. The molecule has 0 spiro atoms. The van der Waals surface area contributed by atoms with Gasteiger partial charge in [0, 0.05) is 5.69 Å². The number of benzene rings is 2. The molecule has 2 aromatic carbocycles. The SMILES string of the molecule is CCc1ccc(C(=O)O)cc1S(=O)(=O)Nc1cccc(C)c1. The molecular weight excluding hydrogens is 302 g/mol. The van der Waals surface area contributed by atoms with Crippen LogP contribution in [0.25, 0.3) is 0 Å². The molecule has 6 heteroatoms. The number of hydrogen-bond acceptors (Lipinski definition) is 3. The van der Waals surface area contributed by atoms with Gasteiger partial charge in [-0.25, -0.2) is 13.2 Å². The Morgan fingerprint density at radius 1 is 1.18 bits per heavy atom. The van der Waals surface area contributed by atoms with Crippen molar-refractivity contribution in [1.29, 1.82) is 0 Å². The number of carboxylic acid groups (broad SMARTS) is 1. The molecule has 0 aliphatic rings. The Morgan fingerprint density at radius 3 is 2.50 bits per heavy atom. The molecule has 0 fully saturated rings. The zero-order valence-corrected chi connectivity index (χ0v) is 13.1. The summed E-state index contributed by atoms with van der Waals surface area (Å²) in [6.45, 7) is 3.68. The highest BCUT2D eigenvalue weighted by Crippen LogP contribution is 2.22. The maximum absolute atomic E-state index is 12.6. The number of nitrogens with one attached hydrogen (secondary N) is 1. The molecule has 0 radical (unpaired) electrons. The van der Waals surface area contributed by atoms with Gasteiger partial charge in [-0.3, -0.25) is 4.72 Å². The van der Waals surface area contributed by atoms with Crippen LogP contribution in [0.1, 0.15) is 28.4 Å². The first-order chi connectivity index (χ1) is 10.3. The van der Waals surface area contributed by atoms with Crippen molar-refractivity contribution >= 4 is 21.7 Å². The van der Waals surface area contributed by atoms with Crippen molar-refractivity contribution in [3.05, 3.63) is 59.2 Å². The lowest BCUT2D eigenvalue weighted by molar-refractivity contribution is 0.0696. The zero-order chi connectivity index (χ0) is 16.3. The Hall–Kier alpha value is -2.34. The lowest BCUT2D eigenvalue weighted by Gasteiger charge is -2.12. The van der Waals surface area contributed by atoms with E-state index in [1.54, 1.807) is 18.2 Å². The van der Waals surface area contributed by atoms with Gasteiger partial charge in [0.15, 0.2) is 0 Å². The first-order valence-electron chi connectivity index (χ1n) is 6.79. The van der Waals surface area contributed by atoms with E-state index in [9.17, 15) is 13.2 Å². The normalized spacial score (nSPS) is 11.2. The van der Waals surface area contributed by atoms with E-state index in [0.717, 1.165) is 5.56 Å². The Morgan fingerprint density at radius 2 is 1.91 bits per heavy atom. The van der Waals surface area contributed by atoms with Crippen molar-refractivity contribution in [3.8, 4) is 0 Å². The van der Waals surface area contributed by atoms with Crippen molar-refractivity contribution < 1.29 is 18.3 Å². The fourth-order valence-corrected chi connectivity index (χ4v) is 3.54. The molecule has 2 rings (SSSR count). The van der Waals surface area contributed by atoms with Crippen LogP contribution in [0.2, 0.25) is 0 Å². The van der Waals surface area contributed by atoms with E-state index in [0.29, 0.717) is 17.7 Å². The first-order valence-corrected chi connectivity index (χ1v) is 8.27. The van der Waals surface area contributed by atoms with Gasteiger partial charge >= 0.3 is 5.97 Å². The minimum atomic E-state index is -3.84. The molecule has 0 bridgehead atoms. The van der Waals surface area contributed by atoms with Crippen LogP contribution in [-0.4, -0.2) is 19.5 Å². The fraction of sp³-hybridized carbons (Fsp3) is 0.188. The zero-order valence-electron chi connectivity index (χ0n) is 12.3. The third-order valence-electron chi connectivity index (χ3n) is 3.25. The highest BCUT2D eigenvalue weighted by Gasteiger charge is 2.20. The molecule has 0 aliphatic heterocycles. The van der Waals surface area contributed by atoms with Crippen molar-refractivity contribution in [2.45, 2.75) is 25.2 Å². The number of anilines is 1. The van der Waals surface area contributed by atoms with E-state index >= 15 is 0 Å². The summed E-state index contributed by atoms with van der Waals surface area (Å²) in [5, 5.41) is 9.05. The molecule has 116 valence electrons. The summed E-state index contributed by atoms with van der Waals surface area (Å²) < 4.78 is 27.6. The van der Waals surface area contributed by atoms with Crippen LogP contribution in [0.15, 0.2) is 47.4 Å².